The Morgan fingerprint density at radius 3 is 2.80 bits per heavy atom. The standard InChI is InChI=1S/C16H23ClN2O/c1-12(14-4-2-3-5-15(14)17)19-16(20)7-6-13-8-10-18-11-9-13/h2-5,12-13,18H,6-11H2,1H3,(H,19,20)/t12-/m0/s1. The Balaban J connectivity index is 1.77. The van der Waals surface area contributed by atoms with Gasteiger partial charge in [-0.3, -0.25) is 4.79 Å². The lowest BCUT2D eigenvalue weighted by molar-refractivity contribution is -0.122. The number of halogens is 1. The molecule has 1 fully saturated rings. The molecule has 0 aromatic heterocycles. The summed E-state index contributed by atoms with van der Waals surface area (Å²) in [4.78, 5) is 12.0. The summed E-state index contributed by atoms with van der Waals surface area (Å²) in [7, 11) is 0. The summed E-state index contributed by atoms with van der Waals surface area (Å²) in [6.07, 6.45) is 3.98. The fourth-order valence-corrected chi connectivity index (χ4v) is 3.02. The van der Waals surface area contributed by atoms with Gasteiger partial charge in [-0.25, -0.2) is 0 Å². The van der Waals surface area contributed by atoms with Crippen LogP contribution in [0, 0.1) is 5.92 Å². The third-order valence-corrected chi connectivity index (χ3v) is 4.33. The van der Waals surface area contributed by atoms with E-state index < -0.39 is 0 Å². The van der Waals surface area contributed by atoms with Crippen molar-refractivity contribution < 1.29 is 4.79 Å². The molecule has 0 unspecified atom stereocenters. The van der Waals surface area contributed by atoms with Crippen LogP contribution in [0.4, 0.5) is 0 Å². The first-order valence-electron chi connectivity index (χ1n) is 7.41. The molecule has 1 aliphatic heterocycles. The number of hydrogen-bond donors (Lipinski definition) is 2. The molecular formula is C16H23ClN2O. The van der Waals surface area contributed by atoms with Crippen LogP contribution in [0.15, 0.2) is 24.3 Å². The minimum Gasteiger partial charge on any atom is -0.350 e. The second-order valence-electron chi connectivity index (χ2n) is 5.54. The largest absolute Gasteiger partial charge is 0.350 e. The highest BCUT2D eigenvalue weighted by Crippen LogP contribution is 2.23. The predicted molar refractivity (Wildman–Crippen MR) is 82.8 cm³/mol. The molecule has 0 aliphatic carbocycles. The minimum atomic E-state index is -0.0378. The molecule has 20 heavy (non-hydrogen) atoms. The number of rotatable bonds is 5. The predicted octanol–water partition coefficient (Wildman–Crippen LogP) is 3.30. The summed E-state index contributed by atoms with van der Waals surface area (Å²) in [6.45, 7) is 4.15. The van der Waals surface area contributed by atoms with Gasteiger partial charge in [0.15, 0.2) is 0 Å². The lowest BCUT2D eigenvalue weighted by atomic mass is 9.93. The van der Waals surface area contributed by atoms with Crippen molar-refractivity contribution >= 4 is 17.5 Å². The topological polar surface area (TPSA) is 41.1 Å². The summed E-state index contributed by atoms with van der Waals surface area (Å²) in [5.41, 5.74) is 0.976. The first-order valence-corrected chi connectivity index (χ1v) is 7.79. The van der Waals surface area contributed by atoms with Crippen LogP contribution in [-0.4, -0.2) is 19.0 Å². The van der Waals surface area contributed by atoms with Crippen LogP contribution in [0.3, 0.4) is 0 Å². The van der Waals surface area contributed by atoms with Gasteiger partial charge < -0.3 is 10.6 Å². The van der Waals surface area contributed by atoms with E-state index in [1.165, 1.54) is 12.8 Å². The Bertz CT molecular complexity index is 444. The van der Waals surface area contributed by atoms with Crippen LogP contribution >= 0.6 is 11.6 Å². The van der Waals surface area contributed by atoms with E-state index in [2.05, 4.69) is 10.6 Å². The zero-order valence-electron chi connectivity index (χ0n) is 12.0. The highest BCUT2D eigenvalue weighted by molar-refractivity contribution is 6.31. The van der Waals surface area contributed by atoms with Crippen LogP contribution in [-0.2, 0) is 4.79 Å². The number of carbonyl (C=O) groups is 1. The van der Waals surface area contributed by atoms with Crippen molar-refractivity contribution in [3.63, 3.8) is 0 Å². The lowest BCUT2D eigenvalue weighted by Crippen LogP contribution is -2.30. The number of amides is 1. The van der Waals surface area contributed by atoms with Crippen LogP contribution in [0.5, 0.6) is 0 Å². The lowest BCUT2D eigenvalue weighted by Gasteiger charge is -2.22. The molecule has 0 saturated carbocycles. The van der Waals surface area contributed by atoms with Crippen molar-refractivity contribution in [2.45, 2.75) is 38.6 Å². The van der Waals surface area contributed by atoms with Gasteiger partial charge in [0, 0.05) is 11.4 Å². The molecule has 1 aromatic carbocycles. The smallest absolute Gasteiger partial charge is 0.220 e. The van der Waals surface area contributed by atoms with Crippen molar-refractivity contribution in [1.82, 2.24) is 10.6 Å². The number of benzene rings is 1. The van der Waals surface area contributed by atoms with Crippen molar-refractivity contribution in [3.8, 4) is 0 Å². The van der Waals surface area contributed by atoms with E-state index in [4.69, 9.17) is 11.6 Å². The van der Waals surface area contributed by atoms with E-state index in [0.29, 0.717) is 17.4 Å². The maximum atomic E-state index is 12.0. The van der Waals surface area contributed by atoms with Gasteiger partial charge in [-0.15, -0.1) is 0 Å². The van der Waals surface area contributed by atoms with E-state index in [1.54, 1.807) is 0 Å². The monoisotopic (exact) mass is 294 g/mol. The van der Waals surface area contributed by atoms with Gasteiger partial charge in [-0.1, -0.05) is 29.8 Å². The van der Waals surface area contributed by atoms with Crippen molar-refractivity contribution in [3.05, 3.63) is 34.9 Å². The van der Waals surface area contributed by atoms with Crippen LogP contribution in [0.1, 0.15) is 44.2 Å². The second kappa shape index (κ2) is 7.65. The Labute approximate surface area is 126 Å². The molecule has 4 heteroatoms. The summed E-state index contributed by atoms with van der Waals surface area (Å²) < 4.78 is 0. The van der Waals surface area contributed by atoms with Crippen LogP contribution in [0.25, 0.3) is 0 Å². The first-order chi connectivity index (χ1) is 9.66. The van der Waals surface area contributed by atoms with Crippen molar-refractivity contribution in [2.24, 2.45) is 5.92 Å². The number of carbonyl (C=O) groups excluding carboxylic acids is 1. The molecule has 1 heterocycles. The van der Waals surface area contributed by atoms with Gasteiger partial charge in [-0.05, 0) is 56.8 Å². The normalized spacial score (nSPS) is 17.7. The third-order valence-electron chi connectivity index (χ3n) is 3.99. The molecule has 3 nitrogen and oxygen atoms in total. The van der Waals surface area contributed by atoms with Crippen LogP contribution < -0.4 is 10.6 Å². The van der Waals surface area contributed by atoms with Gasteiger partial charge >= 0.3 is 0 Å². The average Bonchev–Trinajstić information content (AvgIpc) is 2.46. The molecule has 1 atom stereocenters. The van der Waals surface area contributed by atoms with Crippen molar-refractivity contribution in [1.29, 1.82) is 0 Å². The summed E-state index contributed by atoms with van der Waals surface area (Å²) in [6, 6.07) is 7.62. The molecule has 1 aromatic rings. The number of nitrogens with one attached hydrogen (secondary N) is 2. The quantitative estimate of drug-likeness (QED) is 0.875. The minimum absolute atomic E-state index is 0.0378. The molecule has 2 rings (SSSR count). The maximum Gasteiger partial charge on any atom is 0.220 e. The van der Waals surface area contributed by atoms with Gasteiger partial charge in [0.2, 0.25) is 5.91 Å². The molecular weight excluding hydrogens is 272 g/mol. The van der Waals surface area contributed by atoms with Gasteiger partial charge in [-0.2, -0.15) is 0 Å². The van der Waals surface area contributed by atoms with Gasteiger partial charge in [0.05, 0.1) is 6.04 Å². The zero-order valence-corrected chi connectivity index (χ0v) is 12.7. The molecule has 0 bridgehead atoms. The first kappa shape index (κ1) is 15.3. The molecule has 2 N–H and O–H groups in total. The van der Waals surface area contributed by atoms with E-state index in [1.807, 2.05) is 31.2 Å². The Morgan fingerprint density at radius 2 is 2.10 bits per heavy atom. The Morgan fingerprint density at radius 1 is 1.40 bits per heavy atom. The van der Waals surface area contributed by atoms with E-state index in [9.17, 15) is 4.79 Å². The highest BCUT2D eigenvalue weighted by atomic mass is 35.5. The van der Waals surface area contributed by atoms with Crippen LogP contribution in [0.2, 0.25) is 5.02 Å². The highest BCUT2D eigenvalue weighted by Gasteiger charge is 2.16. The molecule has 1 amide bonds. The zero-order chi connectivity index (χ0) is 14.4. The molecule has 110 valence electrons. The fraction of sp³-hybridized carbons (Fsp3) is 0.562. The summed E-state index contributed by atoms with van der Waals surface area (Å²) in [5, 5.41) is 7.09. The van der Waals surface area contributed by atoms with E-state index in [0.717, 1.165) is 25.1 Å². The average molecular weight is 295 g/mol. The summed E-state index contributed by atoms with van der Waals surface area (Å²) in [5.74, 6) is 0.813. The van der Waals surface area contributed by atoms with E-state index in [-0.39, 0.29) is 11.9 Å². The molecule has 0 radical (unpaired) electrons. The molecule has 1 saturated heterocycles. The number of piperidine rings is 1. The SMILES string of the molecule is C[C@H](NC(=O)CCC1CCNCC1)c1ccccc1Cl. The number of hydrogen-bond acceptors (Lipinski definition) is 2. The maximum absolute atomic E-state index is 12.0. The Kier molecular flexibility index (Phi) is 5.86. The van der Waals surface area contributed by atoms with E-state index >= 15 is 0 Å². The van der Waals surface area contributed by atoms with Gasteiger partial charge in [0.1, 0.15) is 0 Å². The molecule has 1 aliphatic rings. The summed E-state index contributed by atoms with van der Waals surface area (Å²) >= 11 is 6.14. The second-order valence-corrected chi connectivity index (χ2v) is 5.95. The molecule has 0 spiro atoms. The third kappa shape index (κ3) is 4.50. The van der Waals surface area contributed by atoms with Gasteiger partial charge in [0.25, 0.3) is 0 Å². The van der Waals surface area contributed by atoms with Crippen molar-refractivity contribution in [2.75, 3.05) is 13.1 Å². The fourth-order valence-electron chi connectivity index (χ4n) is 2.72. The Hall–Kier alpha value is -1.06.